The monoisotopic (exact) mass is 278 g/mol. The van der Waals surface area contributed by atoms with Crippen molar-refractivity contribution in [2.24, 2.45) is 5.41 Å². The van der Waals surface area contributed by atoms with E-state index in [-0.39, 0.29) is 12.5 Å². The van der Waals surface area contributed by atoms with E-state index in [0.29, 0.717) is 19.5 Å². The van der Waals surface area contributed by atoms with Crippen LogP contribution in [0.3, 0.4) is 0 Å². The SMILES string of the molecule is CC1(C)CN(C(=O)CNS(C)(=O)=O)CC[C@@]1(C)O. The van der Waals surface area contributed by atoms with E-state index in [9.17, 15) is 18.3 Å². The minimum atomic E-state index is -3.36. The molecule has 18 heavy (non-hydrogen) atoms. The third kappa shape index (κ3) is 3.66. The molecule has 2 N–H and O–H groups in total. The van der Waals surface area contributed by atoms with Crippen LogP contribution in [0.1, 0.15) is 27.2 Å². The molecule has 0 saturated carbocycles. The Bertz CT molecular complexity index is 428. The van der Waals surface area contributed by atoms with Gasteiger partial charge in [0.05, 0.1) is 18.4 Å². The molecule has 106 valence electrons. The van der Waals surface area contributed by atoms with Crippen LogP contribution in [0.15, 0.2) is 0 Å². The second kappa shape index (κ2) is 4.79. The molecule has 0 bridgehead atoms. The van der Waals surface area contributed by atoms with Gasteiger partial charge in [-0.1, -0.05) is 13.8 Å². The molecule has 1 heterocycles. The lowest BCUT2D eigenvalue weighted by Crippen LogP contribution is -2.58. The Hall–Kier alpha value is -0.660. The maximum absolute atomic E-state index is 11.9. The number of likely N-dealkylation sites (tertiary alicyclic amines) is 1. The van der Waals surface area contributed by atoms with Crippen LogP contribution in [-0.4, -0.2) is 55.8 Å². The molecule has 0 aromatic rings. The van der Waals surface area contributed by atoms with E-state index in [1.165, 1.54) is 0 Å². The molecule has 1 amide bonds. The zero-order valence-corrected chi connectivity index (χ0v) is 12.2. The molecule has 7 heteroatoms. The van der Waals surface area contributed by atoms with E-state index in [1.54, 1.807) is 11.8 Å². The highest BCUT2D eigenvalue weighted by Crippen LogP contribution is 2.37. The number of sulfonamides is 1. The van der Waals surface area contributed by atoms with Crippen molar-refractivity contribution in [2.75, 3.05) is 25.9 Å². The number of carbonyl (C=O) groups excluding carboxylic acids is 1. The van der Waals surface area contributed by atoms with Crippen LogP contribution in [0.2, 0.25) is 0 Å². The van der Waals surface area contributed by atoms with Gasteiger partial charge in [-0.05, 0) is 13.3 Å². The molecule has 0 aromatic heterocycles. The standard InChI is InChI=1S/C11H22N2O4S/c1-10(2)8-13(6-5-11(10,3)15)9(14)7-12-18(4,16)17/h12,15H,5-8H2,1-4H3/t11-/m1/s1. The van der Waals surface area contributed by atoms with E-state index >= 15 is 0 Å². The third-order valence-electron chi connectivity index (χ3n) is 3.75. The van der Waals surface area contributed by atoms with E-state index in [4.69, 9.17) is 0 Å². The second-order valence-electron chi connectivity index (χ2n) is 5.82. The molecule has 0 spiro atoms. The molecule has 0 radical (unpaired) electrons. The van der Waals surface area contributed by atoms with Crippen molar-refractivity contribution in [2.45, 2.75) is 32.8 Å². The lowest BCUT2D eigenvalue weighted by molar-refractivity contribution is -0.145. The summed E-state index contributed by atoms with van der Waals surface area (Å²) in [4.78, 5) is 13.5. The fraction of sp³-hybridized carbons (Fsp3) is 0.909. The van der Waals surface area contributed by atoms with E-state index < -0.39 is 21.0 Å². The summed E-state index contributed by atoms with van der Waals surface area (Å²) in [5, 5.41) is 10.2. The van der Waals surface area contributed by atoms with Crippen LogP contribution in [0, 0.1) is 5.41 Å². The first-order chi connectivity index (χ1) is 7.95. The second-order valence-corrected chi connectivity index (χ2v) is 7.65. The Morgan fingerprint density at radius 1 is 1.39 bits per heavy atom. The van der Waals surface area contributed by atoms with Crippen LogP contribution in [0.5, 0.6) is 0 Å². The van der Waals surface area contributed by atoms with Gasteiger partial charge >= 0.3 is 0 Å². The molecule has 1 rings (SSSR count). The summed E-state index contributed by atoms with van der Waals surface area (Å²) in [7, 11) is -3.36. The minimum Gasteiger partial charge on any atom is -0.389 e. The quantitative estimate of drug-likeness (QED) is 0.732. The van der Waals surface area contributed by atoms with Gasteiger partial charge in [-0.2, -0.15) is 0 Å². The molecule has 0 unspecified atom stereocenters. The van der Waals surface area contributed by atoms with Gasteiger partial charge in [0.2, 0.25) is 15.9 Å². The Morgan fingerprint density at radius 3 is 2.39 bits per heavy atom. The Balaban J connectivity index is 2.63. The lowest BCUT2D eigenvalue weighted by Gasteiger charge is -2.48. The van der Waals surface area contributed by atoms with Gasteiger partial charge in [-0.3, -0.25) is 4.79 Å². The van der Waals surface area contributed by atoms with Crippen molar-refractivity contribution < 1.29 is 18.3 Å². The van der Waals surface area contributed by atoms with Crippen molar-refractivity contribution in [3.05, 3.63) is 0 Å². The number of hydrogen-bond acceptors (Lipinski definition) is 4. The number of hydrogen-bond donors (Lipinski definition) is 2. The van der Waals surface area contributed by atoms with Crippen LogP contribution in [-0.2, 0) is 14.8 Å². The summed E-state index contributed by atoms with van der Waals surface area (Å²) >= 11 is 0. The molecule has 1 saturated heterocycles. The van der Waals surface area contributed by atoms with Crippen LogP contribution < -0.4 is 4.72 Å². The number of piperidine rings is 1. The van der Waals surface area contributed by atoms with Crippen molar-refractivity contribution >= 4 is 15.9 Å². The summed E-state index contributed by atoms with van der Waals surface area (Å²) in [6, 6.07) is 0. The zero-order valence-electron chi connectivity index (χ0n) is 11.4. The van der Waals surface area contributed by atoms with Gasteiger partial charge in [-0.25, -0.2) is 13.1 Å². The van der Waals surface area contributed by atoms with Gasteiger partial charge in [0.15, 0.2) is 0 Å². The topological polar surface area (TPSA) is 86.7 Å². The maximum atomic E-state index is 11.9. The summed E-state index contributed by atoms with van der Waals surface area (Å²) in [6.07, 6.45) is 1.51. The van der Waals surface area contributed by atoms with Crippen LogP contribution >= 0.6 is 0 Å². The number of nitrogens with one attached hydrogen (secondary N) is 1. The molecule has 1 atom stereocenters. The maximum Gasteiger partial charge on any atom is 0.237 e. The Labute approximate surface area is 108 Å². The highest BCUT2D eigenvalue weighted by Gasteiger charge is 2.44. The first kappa shape index (κ1) is 15.4. The van der Waals surface area contributed by atoms with E-state index in [1.807, 2.05) is 13.8 Å². The molecular weight excluding hydrogens is 256 g/mol. The zero-order chi connectivity index (χ0) is 14.2. The minimum absolute atomic E-state index is 0.225. The van der Waals surface area contributed by atoms with Gasteiger partial charge in [-0.15, -0.1) is 0 Å². The van der Waals surface area contributed by atoms with Gasteiger partial charge in [0, 0.05) is 18.5 Å². The fourth-order valence-corrected chi connectivity index (χ4v) is 2.32. The molecule has 0 aromatic carbocycles. The van der Waals surface area contributed by atoms with E-state index in [2.05, 4.69) is 4.72 Å². The van der Waals surface area contributed by atoms with Crippen molar-refractivity contribution in [1.29, 1.82) is 0 Å². The van der Waals surface area contributed by atoms with Gasteiger partial charge < -0.3 is 10.0 Å². The summed E-state index contributed by atoms with van der Waals surface area (Å²) in [5.74, 6) is -0.260. The first-order valence-corrected chi connectivity index (χ1v) is 7.79. The smallest absolute Gasteiger partial charge is 0.237 e. The lowest BCUT2D eigenvalue weighted by atomic mass is 9.71. The fourth-order valence-electron chi connectivity index (χ4n) is 1.94. The summed E-state index contributed by atoms with van der Waals surface area (Å²) in [6.45, 7) is 6.21. The van der Waals surface area contributed by atoms with Crippen LogP contribution in [0.25, 0.3) is 0 Å². The molecule has 0 aliphatic carbocycles. The Kier molecular flexibility index (Phi) is 4.10. The highest BCUT2D eigenvalue weighted by molar-refractivity contribution is 7.88. The summed E-state index contributed by atoms with van der Waals surface area (Å²) in [5.41, 5.74) is -1.22. The van der Waals surface area contributed by atoms with Crippen molar-refractivity contribution in [3.8, 4) is 0 Å². The third-order valence-corrected chi connectivity index (χ3v) is 4.42. The van der Waals surface area contributed by atoms with Crippen molar-refractivity contribution in [3.63, 3.8) is 0 Å². The van der Waals surface area contributed by atoms with Gasteiger partial charge in [0.25, 0.3) is 0 Å². The largest absolute Gasteiger partial charge is 0.389 e. The number of nitrogens with zero attached hydrogens (tertiary/aromatic N) is 1. The predicted octanol–water partition coefficient (Wildman–Crippen LogP) is -0.455. The molecule has 6 nitrogen and oxygen atoms in total. The number of aliphatic hydroxyl groups is 1. The number of rotatable bonds is 3. The molecule has 1 fully saturated rings. The average molecular weight is 278 g/mol. The highest BCUT2D eigenvalue weighted by atomic mass is 32.2. The molecule has 1 aliphatic heterocycles. The first-order valence-electron chi connectivity index (χ1n) is 5.89. The predicted molar refractivity (Wildman–Crippen MR) is 68.4 cm³/mol. The number of carbonyl (C=O) groups is 1. The van der Waals surface area contributed by atoms with Crippen molar-refractivity contribution in [1.82, 2.24) is 9.62 Å². The average Bonchev–Trinajstić information content (AvgIpc) is 2.17. The molecular formula is C11H22N2O4S. The van der Waals surface area contributed by atoms with E-state index in [0.717, 1.165) is 6.26 Å². The number of amides is 1. The Morgan fingerprint density at radius 2 is 1.94 bits per heavy atom. The van der Waals surface area contributed by atoms with Crippen LogP contribution in [0.4, 0.5) is 0 Å². The normalized spacial score (nSPS) is 28.2. The van der Waals surface area contributed by atoms with Gasteiger partial charge in [0.1, 0.15) is 0 Å². The molecule has 1 aliphatic rings. The summed E-state index contributed by atoms with van der Waals surface area (Å²) < 4.78 is 24.0.